The third kappa shape index (κ3) is 13.7. The molecule has 0 aromatic heterocycles. The molecule has 0 N–H and O–H groups in total. The van der Waals surface area contributed by atoms with Crippen LogP contribution >= 0.6 is 0 Å². The Morgan fingerprint density at radius 2 is 0.688 bits per heavy atom. The minimum atomic E-state index is -2.17. The van der Waals surface area contributed by atoms with Crippen molar-refractivity contribution in [2.24, 2.45) is 0 Å². The predicted molar refractivity (Wildman–Crippen MR) is 58.2 cm³/mol. The molecule has 0 aliphatic heterocycles. The normalized spacial score (nSPS) is 11.6. The van der Waals surface area contributed by atoms with Crippen LogP contribution in [0.15, 0.2) is 0 Å². The highest BCUT2D eigenvalue weighted by atomic mass is 19.3. The number of halogens is 4. The van der Waals surface area contributed by atoms with Gasteiger partial charge in [-0.2, -0.15) is 0 Å². The van der Waals surface area contributed by atoms with E-state index in [0.717, 1.165) is 38.5 Å². The summed E-state index contributed by atoms with van der Waals surface area (Å²) in [5.41, 5.74) is 0. The van der Waals surface area contributed by atoms with Crippen molar-refractivity contribution in [2.75, 3.05) is 0 Å². The summed E-state index contributed by atoms with van der Waals surface area (Å²) in [6.07, 6.45) is 2.65. The molecule has 0 saturated carbocycles. The summed E-state index contributed by atoms with van der Waals surface area (Å²) in [4.78, 5) is 0. The molecule has 0 aliphatic carbocycles. The van der Waals surface area contributed by atoms with Crippen LogP contribution in [-0.2, 0) is 0 Å². The molecule has 0 fully saturated rings. The Morgan fingerprint density at radius 1 is 0.438 bits per heavy atom. The molecule has 0 nitrogen and oxygen atoms in total. The molecule has 16 heavy (non-hydrogen) atoms. The maximum atomic E-state index is 11.8. The van der Waals surface area contributed by atoms with Crippen molar-refractivity contribution >= 4 is 0 Å². The minimum Gasteiger partial charge on any atom is -0.211 e. The van der Waals surface area contributed by atoms with Gasteiger partial charge in [0.2, 0.25) is 12.9 Å². The average molecular weight is 242 g/mol. The van der Waals surface area contributed by atoms with Gasteiger partial charge in [0.1, 0.15) is 0 Å². The van der Waals surface area contributed by atoms with Gasteiger partial charge in [-0.05, 0) is 12.8 Å². The lowest BCUT2D eigenvalue weighted by atomic mass is 10.1. The van der Waals surface area contributed by atoms with Crippen molar-refractivity contribution in [3.05, 3.63) is 0 Å². The van der Waals surface area contributed by atoms with E-state index in [2.05, 4.69) is 0 Å². The Hall–Kier alpha value is -0.280. The summed E-state index contributed by atoms with van der Waals surface area (Å²) >= 11 is 0. The molecule has 0 spiro atoms. The van der Waals surface area contributed by atoms with E-state index >= 15 is 0 Å². The van der Waals surface area contributed by atoms with Gasteiger partial charge in [0, 0.05) is 12.8 Å². The number of rotatable bonds is 11. The van der Waals surface area contributed by atoms with Gasteiger partial charge in [0.25, 0.3) is 0 Å². The van der Waals surface area contributed by atoms with Crippen molar-refractivity contribution < 1.29 is 17.6 Å². The molecule has 0 aromatic carbocycles. The van der Waals surface area contributed by atoms with Gasteiger partial charge in [-0.3, -0.25) is 0 Å². The lowest BCUT2D eigenvalue weighted by Gasteiger charge is -2.02. The van der Waals surface area contributed by atoms with Crippen LogP contribution in [0.3, 0.4) is 0 Å². The van der Waals surface area contributed by atoms with Crippen molar-refractivity contribution in [1.29, 1.82) is 0 Å². The zero-order valence-corrected chi connectivity index (χ0v) is 9.74. The third-order valence-electron chi connectivity index (χ3n) is 2.59. The third-order valence-corrected chi connectivity index (χ3v) is 2.59. The second-order valence-electron chi connectivity index (χ2n) is 4.19. The summed E-state index contributed by atoms with van der Waals surface area (Å²) in [7, 11) is 0. The largest absolute Gasteiger partial charge is 0.238 e. The Kier molecular flexibility index (Phi) is 11.0. The van der Waals surface area contributed by atoms with Crippen LogP contribution in [0.5, 0.6) is 0 Å². The second-order valence-corrected chi connectivity index (χ2v) is 4.19. The fourth-order valence-corrected chi connectivity index (χ4v) is 1.66. The highest BCUT2D eigenvalue weighted by Gasteiger charge is 2.02. The van der Waals surface area contributed by atoms with E-state index in [4.69, 9.17) is 0 Å². The Labute approximate surface area is 95.4 Å². The van der Waals surface area contributed by atoms with E-state index < -0.39 is 12.9 Å². The van der Waals surface area contributed by atoms with Crippen LogP contribution in [-0.4, -0.2) is 12.9 Å². The number of alkyl halides is 4. The van der Waals surface area contributed by atoms with Crippen molar-refractivity contribution in [3.63, 3.8) is 0 Å². The first-order chi connectivity index (χ1) is 7.63. The summed E-state index contributed by atoms with van der Waals surface area (Å²) in [5.74, 6) is 0. The van der Waals surface area contributed by atoms with Crippen molar-refractivity contribution in [1.82, 2.24) is 0 Å². The molecule has 0 amide bonds. The second kappa shape index (κ2) is 11.2. The zero-order valence-electron chi connectivity index (χ0n) is 9.74. The van der Waals surface area contributed by atoms with E-state index in [1.54, 1.807) is 0 Å². The summed E-state index contributed by atoms with van der Waals surface area (Å²) in [6.45, 7) is 0. The van der Waals surface area contributed by atoms with Crippen LogP contribution in [0, 0.1) is 0 Å². The van der Waals surface area contributed by atoms with E-state index in [1.165, 1.54) is 0 Å². The van der Waals surface area contributed by atoms with Gasteiger partial charge in [-0.15, -0.1) is 0 Å². The molecule has 98 valence electrons. The maximum absolute atomic E-state index is 11.8. The Bertz CT molecular complexity index is 121. The van der Waals surface area contributed by atoms with Gasteiger partial charge in [-0.25, -0.2) is 17.6 Å². The molecule has 0 aromatic rings. The number of hydrogen-bond acceptors (Lipinski definition) is 0. The molecular formula is C12H22F4. The lowest BCUT2D eigenvalue weighted by molar-refractivity contribution is 0.132. The van der Waals surface area contributed by atoms with E-state index in [9.17, 15) is 17.6 Å². The summed E-state index contributed by atoms with van der Waals surface area (Å²) < 4.78 is 47.0. The quantitative estimate of drug-likeness (QED) is 0.335. The van der Waals surface area contributed by atoms with Gasteiger partial charge in [0.05, 0.1) is 0 Å². The van der Waals surface area contributed by atoms with Gasteiger partial charge in [-0.1, -0.05) is 38.5 Å². The highest BCUT2D eigenvalue weighted by Crippen LogP contribution is 2.13. The van der Waals surface area contributed by atoms with Crippen LogP contribution in [0.2, 0.25) is 0 Å². The maximum Gasteiger partial charge on any atom is 0.238 e. The molecule has 0 aliphatic rings. The van der Waals surface area contributed by atoms with Gasteiger partial charge in [0.15, 0.2) is 0 Å². The predicted octanol–water partition coefficient (Wildman–Crippen LogP) is 5.42. The van der Waals surface area contributed by atoms with Crippen LogP contribution in [0.25, 0.3) is 0 Å². The summed E-state index contributed by atoms with van der Waals surface area (Å²) in [6, 6.07) is 0. The molecule has 0 radical (unpaired) electrons. The van der Waals surface area contributed by atoms with Crippen LogP contribution < -0.4 is 0 Å². The molecule has 0 unspecified atom stereocenters. The van der Waals surface area contributed by atoms with Crippen molar-refractivity contribution in [3.8, 4) is 0 Å². The van der Waals surface area contributed by atoms with Crippen LogP contribution in [0.4, 0.5) is 17.6 Å². The first-order valence-corrected chi connectivity index (χ1v) is 6.19. The van der Waals surface area contributed by atoms with Crippen molar-refractivity contribution in [2.45, 2.75) is 77.1 Å². The minimum absolute atomic E-state index is 0.00832. The summed E-state index contributed by atoms with van der Waals surface area (Å²) in [5, 5.41) is 0. The molecule has 0 heterocycles. The monoisotopic (exact) mass is 242 g/mol. The topological polar surface area (TPSA) is 0 Å². The van der Waals surface area contributed by atoms with E-state index in [1.807, 2.05) is 0 Å². The average Bonchev–Trinajstić information content (AvgIpc) is 2.20. The van der Waals surface area contributed by atoms with E-state index in [-0.39, 0.29) is 12.8 Å². The molecule has 0 atom stereocenters. The fourth-order valence-electron chi connectivity index (χ4n) is 1.66. The van der Waals surface area contributed by atoms with Crippen LogP contribution in [0.1, 0.15) is 64.2 Å². The molecule has 4 heteroatoms. The zero-order chi connectivity index (χ0) is 12.2. The smallest absolute Gasteiger partial charge is 0.211 e. The number of hydrogen-bond donors (Lipinski definition) is 0. The number of unbranched alkanes of at least 4 members (excludes halogenated alkanes) is 7. The SMILES string of the molecule is FC(F)CCCCCCCCCCC(F)F. The molecule has 0 bridgehead atoms. The first-order valence-electron chi connectivity index (χ1n) is 6.19. The highest BCUT2D eigenvalue weighted by molar-refractivity contribution is 4.49. The van der Waals surface area contributed by atoms with Gasteiger partial charge >= 0.3 is 0 Å². The molecular weight excluding hydrogens is 220 g/mol. The Balaban J connectivity index is 2.93. The standard InChI is InChI=1S/C12H22F4/c13-11(14)9-7-5-3-1-2-4-6-8-10-12(15)16/h11-12H,1-10H2. The van der Waals surface area contributed by atoms with E-state index in [0.29, 0.717) is 12.8 Å². The van der Waals surface area contributed by atoms with Gasteiger partial charge < -0.3 is 0 Å². The first kappa shape index (κ1) is 15.7. The molecule has 0 saturated heterocycles. The fraction of sp³-hybridized carbons (Fsp3) is 1.00. The molecule has 0 rings (SSSR count). The lowest BCUT2D eigenvalue weighted by Crippen LogP contribution is -1.90. The Morgan fingerprint density at radius 3 is 0.938 bits per heavy atom.